The molecule has 2 aromatic carbocycles. The Morgan fingerprint density at radius 3 is 2.72 bits per heavy atom. The van der Waals surface area contributed by atoms with Gasteiger partial charge in [-0.2, -0.15) is 4.68 Å². The van der Waals surface area contributed by atoms with E-state index in [1.165, 1.54) is 11.9 Å². The van der Waals surface area contributed by atoms with E-state index in [0.717, 1.165) is 22.3 Å². The molecule has 7 heteroatoms. The van der Waals surface area contributed by atoms with Crippen LogP contribution in [0.15, 0.2) is 48.8 Å². The number of nitrogens with two attached hydrogens (primary N) is 1. The molecule has 0 radical (unpaired) electrons. The minimum atomic E-state index is 0.416. The molecule has 2 aromatic heterocycles. The second kappa shape index (κ2) is 5.86. The second-order valence-electron chi connectivity index (χ2n) is 5.82. The van der Waals surface area contributed by atoms with E-state index in [-0.39, 0.29) is 0 Å². The molecule has 4 aromatic rings. The zero-order valence-electron chi connectivity index (χ0n) is 13.9. The summed E-state index contributed by atoms with van der Waals surface area (Å²) in [6.07, 6.45) is 1.47. The van der Waals surface area contributed by atoms with Crippen LogP contribution >= 0.6 is 0 Å². The summed E-state index contributed by atoms with van der Waals surface area (Å²) in [4.78, 5) is 8.58. The van der Waals surface area contributed by atoms with Gasteiger partial charge in [-0.15, -0.1) is 5.10 Å². The Kier molecular flexibility index (Phi) is 3.53. The van der Waals surface area contributed by atoms with Crippen molar-refractivity contribution in [3.63, 3.8) is 0 Å². The van der Waals surface area contributed by atoms with Crippen LogP contribution in [-0.4, -0.2) is 25.0 Å². The number of nitrogens with zero attached hydrogens (tertiary/aromatic N) is 5. The summed E-state index contributed by atoms with van der Waals surface area (Å²) in [7, 11) is 0. The van der Waals surface area contributed by atoms with E-state index in [2.05, 4.69) is 45.5 Å². The number of nitrogens with one attached hydrogen (secondary N) is 1. The van der Waals surface area contributed by atoms with Crippen molar-refractivity contribution in [2.75, 3.05) is 11.1 Å². The second-order valence-corrected chi connectivity index (χ2v) is 5.82. The largest absolute Gasteiger partial charge is 0.393 e. The lowest BCUT2D eigenvalue weighted by Crippen LogP contribution is -2.09. The maximum Gasteiger partial charge on any atom is 0.184 e. The Labute approximate surface area is 144 Å². The molecule has 0 saturated carbocycles. The number of nitrogen functional groups attached to an aromatic ring is 1. The van der Waals surface area contributed by atoms with Crippen LogP contribution in [0.2, 0.25) is 0 Å². The number of aryl methyl sites for hydroxylation is 1. The molecule has 0 aliphatic carbocycles. The third-order valence-electron chi connectivity index (χ3n) is 4.27. The predicted molar refractivity (Wildman–Crippen MR) is 98.1 cm³/mol. The summed E-state index contributed by atoms with van der Waals surface area (Å²) in [5.41, 5.74) is 11.7. The van der Waals surface area contributed by atoms with Crippen LogP contribution in [0.25, 0.3) is 16.9 Å². The highest BCUT2D eigenvalue weighted by Gasteiger charge is 2.14. The number of para-hydroxylation sites is 1. The van der Waals surface area contributed by atoms with Crippen molar-refractivity contribution in [2.24, 2.45) is 0 Å². The number of benzene rings is 2. The van der Waals surface area contributed by atoms with Gasteiger partial charge >= 0.3 is 0 Å². The molecule has 0 saturated heterocycles. The van der Waals surface area contributed by atoms with E-state index in [1.54, 1.807) is 4.68 Å². The summed E-state index contributed by atoms with van der Waals surface area (Å²) in [6, 6.07) is 13.7. The number of aromatic nitrogens is 5. The van der Waals surface area contributed by atoms with Crippen molar-refractivity contribution in [3.8, 4) is 5.82 Å². The van der Waals surface area contributed by atoms with Gasteiger partial charge in [0, 0.05) is 5.69 Å². The molecule has 2 heterocycles. The Hall–Kier alpha value is -3.48. The number of rotatable bonds is 3. The Balaban J connectivity index is 1.80. The van der Waals surface area contributed by atoms with E-state index in [9.17, 15) is 0 Å². The van der Waals surface area contributed by atoms with Gasteiger partial charge in [-0.1, -0.05) is 29.5 Å². The van der Waals surface area contributed by atoms with E-state index in [1.807, 2.05) is 36.4 Å². The van der Waals surface area contributed by atoms with Gasteiger partial charge in [0.25, 0.3) is 0 Å². The van der Waals surface area contributed by atoms with Gasteiger partial charge in [-0.3, -0.25) is 0 Å². The average Bonchev–Trinajstić information content (AvgIpc) is 3.05. The molecule has 0 spiro atoms. The minimum absolute atomic E-state index is 0.416. The molecule has 0 atom stereocenters. The summed E-state index contributed by atoms with van der Waals surface area (Å²) in [5, 5.41) is 11.6. The van der Waals surface area contributed by atoms with Crippen molar-refractivity contribution in [1.82, 2.24) is 25.0 Å². The van der Waals surface area contributed by atoms with Crippen LogP contribution in [0.5, 0.6) is 0 Å². The molecule has 0 unspecified atom stereocenters. The van der Waals surface area contributed by atoms with E-state index in [0.29, 0.717) is 17.3 Å². The molecular weight excluding hydrogens is 314 g/mol. The van der Waals surface area contributed by atoms with Gasteiger partial charge in [0.05, 0.1) is 5.52 Å². The molecule has 3 N–H and O–H groups in total. The molecule has 0 aliphatic heterocycles. The quantitative estimate of drug-likeness (QED) is 0.599. The lowest BCUT2D eigenvalue weighted by Gasteiger charge is -2.14. The van der Waals surface area contributed by atoms with Gasteiger partial charge in [0.2, 0.25) is 0 Å². The van der Waals surface area contributed by atoms with Crippen LogP contribution in [0.4, 0.5) is 17.2 Å². The van der Waals surface area contributed by atoms with Crippen LogP contribution in [0.3, 0.4) is 0 Å². The van der Waals surface area contributed by atoms with Gasteiger partial charge in [-0.25, -0.2) is 9.97 Å². The fourth-order valence-electron chi connectivity index (χ4n) is 2.69. The molecule has 0 fully saturated rings. The highest BCUT2D eigenvalue weighted by Crippen LogP contribution is 2.28. The van der Waals surface area contributed by atoms with Crippen LogP contribution in [0, 0.1) is 13.8 Å². The van der Waals surface area contributed by atoms with Gasteiger partial charge in [-0.05, 0) is 43.2 Å². The van der Waals surface area contributed by atoms with Crippen molar-refractivity contribution < 1.29 is 0 Å². The fraction of sp³-hybridized carbons (Fsp3) is 0.111. The van der Waals surface area contributed by atoms with Gasteiger partial charge in [0.1, 0.15) is 17.5 Å². The zero-order chi connectivity index (χ0) is 17.4. The molecule has 0 aliphatic rings. The predicted octanol–water partition coefficient (Wildman–Crippen LogP) is 3.15. The highest BCUT2D eigenvalue weighted by atomic mass is 15.4. The SMILES string of the molecule is Cc1cccc(Nc2ncnc(-n3nnc4ccccc43)c2N)c1C. The topological polar surface area (TPSA) is 94.5 Å². The average molecular weight is 331 g/mol. The first-order chi connectivity index (χ1) is 12.1. The first kappa shape index (κ1) is 15.1. The lowest BCUT2D eigenvalue weighted by atomic mass is 10.1. The van der Waals surface area contributed by atoms with Gasteiger partial charge < -0.3 is 11.1 Å². The van der Waals surface area contributed by atoms with Gasteiger partial charge in [0.15, 0.2) is 11.6 Å². The van der Waals surface area contributed by atoms with Crippen molar-refractivity contribution in [2.45, 2.75) is 13.8 Å². The van der Waals surface area contributed by atoms with Crippen molar-refractivity contribution >= 4 is 28.2 Å². The lowest BCUT2D eigenvalue weighted by molar-refractivity contribution is 0.800. The number of hydrogen-bond donors (Lipinski definition) is 2. The van der Waals surface area contributed by atoms with Crippen LogP contribution in [-0.2, 0) is 0 Å². The summed E-state index contributed by atoms with van der Waals surface area (Å²) < 4.78 is 1.63. The third-order valence-corrected chi connectivity index (χ3v) is 4.27. The Bertz CT molecular complexity index is 1070. The normalized spacial score (nSPS) is 11.0. The molecular formula is C18H17N7. The van der Waals surface area contributed by atoms with E-state index in [4.69, 9.17) is 5.73 Å². The standard InChI is InChI=1S/C18H17N7/c1-11-6-5-8-13(12(11)2)22-17-16(19)18(21-10-20-17)25-15-9-4-3-7-14(15)23-24-25/h3-10H,19H2,1-2H3,(H,20,21,22). The molecule has 7 nitrogen and oxygen atoms in total. The molecule has 0 amide bonds. The van der Waals surface area contributed by atoms with E-state index < -0.39 is 0 Å². The highest BCUT2D eigenvalue weighted by molar-refractivity contribution is 5.80. The van der Waals surface area contributed by atoms with Crippen LogP contribution in [0.1, 0.15) is 11.1 Å². The maximum atomic E-state index is 6.33. The van der Waals surface area contributed by atoms with E-state index >= 15 is 0 Å². The summed E-state index contributed by atoms with van der Waals surface area (Å²) in [5.74, 6) is 1.04. The number of anilines is 3. The first-order valence-electron chi connectivity index (χ1n) is 7.89. The molecule has 25 heavy (non-hydrogen) atoms. The van der Waals surface area contributed by atoms with Crippen molar-refractivity contribution in [1.29, 1.82) is 0 Å². The zero-order valence-corrected chi connectivity index (χ0v) is 13.9. The summed E-state index contributed by atoms with van der Waals surface area (Å²) >= 11 is 0. The van der Waals surface area contributed by atoms with Crippen molar-refractivity contribution in [3.05, 3.63) is 59.9 Å². The Morgan fingerprint density at radius 2 is 1.84 bits per heavy atom. The third kappa shape index (κ3) is 2.55. The first-order valence-corrected chi connectivity index (χ1v) is 7.89. The monoisotopic (exact) mass is 331 g/mol. The molecule has 0 bridgehead atoms. The summed E-state index contributed by atoms with van der Waals surface area (Å²) in [6.45, 7) is 4.12. The minimum Gasteiger partial charge on any atom is -0.393 e. The van der Waals surface area contributed by atoms with Crippen LogP contribution < -0.4 is 11.1 Å². The number of fused-ring (bicyclic) bond motifs is 1. The Morgan fingerprint density at radius 1 is 1.00 bits per heavy atom. The maximum absolute atomic E-state index is 6.33. The smallest absolute Gasteiger partial charge is 0.184 e. The fourth-order valence-corrected chi connectivity index (χ4v) is 2.69. The molecule has 4 rings (SSSR count). The molecule has 124 valence electrons. The number of hydrogen-bond acceptors (Lipinski definition) is 6.